The minimum Gasteiger partial charge on any atom is -0.508 e. The smallest absolute Gasteiger partial charge is 0.243 e. The molecule has 2 rings (SSSR count). The van der Waals surface area contributed by atoms with Gasteiger partial charge in [0, 0.05) is 11.3 Å². The van der Waals surface area contributed by atoms with Crippen LogP contribution in [0, 0.1) is 0 Å². The molecule has 116 valence electrons. The normalized spacial score (nSPS) is 21.4. The molecule has 6 nitrogen and oxygen atoms in total. The Morgan fingerprint density at radius 2 is 2.27 bits per heavy atom. The van der Waals surface area contributed by atoms with E-state index in [1.807, 2.05) is 0 Å². The van der Waals surface area contributed by atoms with E-state index < -0.39 is 6.04 Å². The number of benzene rings is 1. The van der Waals surface area contributed by atoms with E-state index in [4.69, 9.17) is 0 Å². The van der Waals surface area contributed by atoms with Crippen LogP contribution in [0.2, 0.25) is 0 Å². The van der Waals surface area contributed by atoms with Gasteiger partial charge in [0.15, 0.2) is 0 Å². The summed E-state index contributed by atoms with van der Waals surface area (Å²) >= 11 is 1.47. The largest absolute Gasteiger partial charge is 0.508 e. The number of phenolic OH excluding ortho intramolecular Hbond substituents is 2. The van der Waals surface area contributed by atoms with Crippen LogP contribution in [0.3, 0.4) is 0 Å². The summed E-state index contributed by atoms with van der Waals surface area (Å²) in [6, 6.07) is 3.87. The van der Waals surface area contributed by atoms with Gasteiger partial charge in [-0.3, -0.25) is 10.1 Å². The van der Waals surface area contributed by atoms with E-state index in [0.29, 0.717) is 17.1 Å². The van der Waals surface area contributed by atoms with E-state index in [-0.39, 0.29) is 22.8 Å². The molecule has 4 N–H and O–H groups in total. The molecular weight excluding hydrogens is 302 g/mol. The van der Waals surface area contributed by atoms with Gasteiger partial charge in [0.1, 0.15) is 17.3 Å². The topological polar surface area (TPSA) is 94.0 Å². The lowest BCUT2D eigenvalue weighted by Gasteiger charge is -2.15. The number of aromatic hydroxyl groups is 2. The lowest BCUT2D eigenvalue weighted by atomic mass is 10.1. The average molecular weight is 319 g/mol. The van der Waals surface area contributed by atoms with Gasteiger partial charge in [-0.15, -0.1) is 11.8 Å². The second-order valence-corrected chi connectivity index (χ2v) is 5.75. The van der Waals surface area contributed by atoms with Crippen molar-refractivity contribution in [2.24, 2.45) is 4.99 Å². The number of phenols is 2. The molecule has 0 aromatic heterocycles. The number of rotatable bonds is 5. The quantitative estimate of drug-likeness (QED) is 0.376. The zero-order valence-electron chi connectivity index (χ0n) is 11.8. The molecule has 1 aromatic rings. The standard InChI is InChI=1S/C15H17N3O3S/c1-3-4-13(16-2)18-14(21)11-8-22-15(17-11)10-7-9(19)5-6-12(10)20/h3-7,11,15,17,19-20H,1-2,8H2,(H,18,21)/b13-4+. The SMILES string of the molecule is C=C/C=C(\N=C)NC(=O)C1CSC(c2cc(O)ccc2O)N1. The molecular formula is C15H17N3O3S. The summed E-state index contributed by atoms with van der Waals surface area (Å²) in [5, 5.41) is 24.9. The maximum absolute atomic E-state index is 12.2. The Kier molecular flexibility index (Phi) is 5.24. The highest BCUT2D eigenvalue weighted by Crippen LogP contribution is 2.38. The highest BCUT2D eigenvalue weighted by molar-refractivity contribution is 7.99. The van der Waals surface area contributed by atoms with Crippen molar-refractivity contribution in [3.63, 3.8) is 0 Å². The molecule has 0 aliphatic carbocycles. The fraction of sp³-hybridized carbons (Fsp3) is 0.200. The van der Waals surface area contributed by atoms with E-state index >= 15 is 0 Å². The summed E-state index contributed by atoms with van der Waals surface area (Å²) in [7, 11) is 0. The minimum absolute atomic E-state index is 0.0650. The summed E-state index contributed by atoms with van der Waals surface area (Å²) in [6.07, 6.45) is 3.06. The second-order valence-electron chi connectivity index (χ2n) is 4.61. The van der Waals surface area contributed by atoms with Crippen LogP contribution in [0.1, 0.15) is 10.9 Å². The van der Waals surface area contributed by atoms with Gasteiger partial charge in [-0.05, 0) is 31.0 Å². The van der Waals surface area contributed by atoms with Crippen LogP contribution in [0.25, 0.3) is 0 Å². The van der Waals surface area contributed by atoms with Crippen LogP contribution < -0.4 is 10.6 Å². The number of nitrogens with zero attached hydrogens (tertiary/aromatic N) is 1. The third-order valence-corrected chi connectivity index (χ3v) is 4.34. The molecule has 0 saturated carbocycles. The number of amides is 1. The van der Waals surface area contributed by atoms with E-state index in [9.17, 15) is 15.0 Å². The number of thioether (sulfide) groups is 1. The first kappa shape index (κ1) is 16.1. The Balaban J connectivity index is 2.04. The van der Waals surface area contributed by atoms with Crippen molar-refractivity contribution in [3.8, 4) is 11.5 Å². The predicted molar refractivity (Wildman–Crippen MR) is 87.9 cm³/mol. The Bertz CT molecular complexity index is 630. The van der Waals surface area contributed by atoms with E-state index in [2.05, 4.69) is 28.9 Å². The van der Waals surface area contributed by atoms with E-state index in [1.54, 1.807) is 6.08 Å². The van der Waals surface area contributed by atoms with Crippen molar-refractivity contribution in [2.45, 2.75) is 11.4 Å². The van der Waals surface area contributed by atoms with Crippen LogP contribution in [-0.2, 0) is 4.79 Å². The zero-order chi connectivity index (χ0) is 16.1. The van der Waals surface area contributed by atoms with E-state index in [1.165, 1.54) is 36.0 Å². The number of carbonyl (C=O) groups excluding carboxylic acids is 1. The number of carbonyl (C=O) groups is 1. The summed E-state index contributed by atoms with van der Waals surface area (Å²) in [4.78, 5) is 15.8. The Labute approximate surface area is 132 Å². The lowest BCUT2D eigenvalue weighted by molar-refractivity contribution is -0.121. The first-order valence-corrected chi connectivity index (χ1v) is 7.60. The molecule has 22 heavy (non-hydrogen) atoms. The number of hydrogen-bond acceptors (Lipinski definition) is 6. The van der Waals surface area contributed by atoms with Crippen molar-refractivity contribution in [1.82, 2.24) is 10.6 Å². The van der Waals surface area contributed by atoms with Crippen LogP contribution in [0.15, 0.2) is 47.7 Å². The van der Waals surface area contributed by atoms with Crippen molar-refractivity contribution in [3.05, 3.63) is 48.3 Å². The molecule has 1 saturated heterocycles. The average Bonchev–Trinajstić information content (AvgIpc) is 2.99. The molecule has 1 aliphatic heterocycles. The molecule has 1 amide bonds. The number of nitrogens with one attached hydrogen (secondary N) is 2. The minimum atomic E-state index is -0.438. The maximum atomic E-state index is 12.2. The van der Waals surface area contributed by atoms with Crippen molar-refractivity contribution >= 4 is 24.4 Å². The van der Waals surface area contributed by atoms with Crippen molar-refractivity contribution in [2.75, 3.05) is 5.75 Å². The number of allylic oxidation sites excluding steroid dienone is 2. The molecule has 1 fully saturated rings. The lowest BCUT2D eigenvalue weighted by Crippen LogP contribution is -2.41. The molecule has 0 bridgehead atoms. The summed E-state index contributed by atoms with van der Waals surface area (Å²) < 4.78 is 0. The van der Waals surface area contributed by atoms with Gasteiger partial charge in [-0.2, -0.15) is 0 Å². The molecule has 1 aliphatic rings. The van der Waals surface area contributed by atoms with Gasteiger partial charge in [0.25, 0.3) is 0 Å². The predicted octanol–water partition coefficient (Wildman–Crippen LogP) is 1.65. The first-order chi connectivity index (χ1) is 10.5. The third kappa shape index (κ3) is 3.69. The molecule has 7 heteroatoms. The zero-order valence-corrected chi connectivity index (χ0v) is 12.6. The van der Waals surface area contributed by atoms with Crippen molar-refractivity contribution in [1.29, 1.82) is 0 Å². The molecule has 2 atom stereocenters. The summed E-state index contributed by atoms with van der Waals surface area (Å²) in [5.41, 5.74) is 0.545. The fourth-order valence-corrected chi connectivity index (χ4v) is 3.27. The van der Waals surface area contributed by atoms with Gasteiger partial charge in [-0.25, -0.2) is 4.99 Å². The second kappa shape index (κ2) is 7.15. The van der Waals surface area contributed by atoms with Gasteiger partial charge >= 0.3 is 0 Å². The number of aliphatic imine (C=N–C) groups is 1. The van der Waals surface area contributed by atoms with Gasteiger partial charge < -0.3 is 15.5 Å². The fourth-order valence-electron chi connectivity index (χ4n) is 2.01. The third-order valence-electron chi connectivity index (χ3n) is 3.09. The molecule has 0 spiro atoms. The highest BCUT2D eigenvalue weighted by Gasteiger charge is 2.32. The van der Waals surface area contributed by atoms with Gasteiger partial charge in [0.2, 0.25) is 5.91 Å². The van der Waals surface area contributed by atoms with Crippen molar-refractivity contribution < 1.29 is 15.0 Å². The highest BCUT2D eigenvalue weighted by atomic mass is 32.2. The van der Waals surface area contributed by atoms with Crippen LogP contribution in [0.5, 0.6) is 11.5 Å². The van der Waals surface area contributed by atoms with Gasteiger partial charge in [0.05, 0.1) is 11.4 Å². The molecule has 1 heterocycles. The molecule has 0 radical (unpaired) electrons. The Hall–Kier alpha value is -2.25. The Morgan fingerprint density at radius 1 is 1.50 bits per heavy atom. The molecule has 1 aromatic carbocycles. The van der Waals surface area contributed by atoms with Crippen LogP contribution >= 0.6 is 11.8 Å². The van der Waals surface area contributed by atoms with Gasteiger partial charge in [-0.1, -0.05) is 12.7 Å². The maximum Gasteiger partial charge on any atom is 0.243 e. The van der Waals surface area contributed by atoms with E-state index in [0.717, 1.165) is 0 Å². The summed E-state index contributed by atoms with van der Waals surface area (Å²) in [5.74, 6) is 0.758. The monoisotopic (exact) mass is 319 g/mol. The Morgan fingerprint density at radius 3 is 2.95 bits per heavy atom. The first-order valence-electron chi connectivity index (χ1n) is 6.55. The molecule has 2 unspecified atom stereocenters. The van der Waals surface area contributed by atoms with Crippen LogP contribution in [-0.4, -0.2) is 34.6 Å². The van der Waals surface area contributed by atoms with Crippen LogP contribution in [0.4, 0.5) is 0 Å². The number of hydrogen-bond donors (Lipinski definition) is 4. The summed E-state index contributed by atoms with van der Waals surface area (Å²) in [6.45, 7) is 6.91.